The molecule has 0 bridgehead atoms. The van der Waals surface area contributed by atoms with Gasteiger partial charge >= 0.3 is 0 Å². The lowest BCUT2D eigenvalue weighted by atomic mass is 10.2. The summed E-state index contributed by atoms with van der Waals surface area (Å²) in [6.45, 7) is 4.67. The van der Waals surface area contributed by atoms with Gasteiger partial charge in [-0.25, -0.2) is 13.1 Å². The number of carbonyl (C=O) groups is 1. The fraction of sp³-hybridized carbons (Fsp3) is 0.533. The maximum atomic E-state index is 12.2. The standard InChI is InChI=1S/C15H22N2O4S/c1-11-5-6-14(12(2)10-11)22(19,20)17-8-7-16-15(18)13-4-3-9-21-13/h5-6,10,13,17H,3-4,7-9H2,1-2H3,(H,16,18). The Bertz CT molecular complexity index is 637. The third-order valence-corrected chi connectivity index (χ3v) is 5.18. The van der Waals surface area contributed by atoms with Crippen LogP contribution in [-0.4, -0.2) is 40.1 Å². The third kappa shape index (κ3) is 4.28. The monoisotopic (exact) mass is 326 g/mol. The van der Waals surface area contributed by atoms with Crippen molar-refractivity contribution in [3.8, 4) is 0 Å². The van der Waals surface area contributed by atoms with Crippen LogP contribution in [0.5, 0.6) is 0 Å². The number of ether oxygens (including phenoxy) is 1. The molecule has 1 aromatic rings. The zero-order chi connectivity index (χ0) is 16.2. The first-order valence-electron chi connectivity index (χ1n) is 7.36. The van der Waals surface area contributed by atoms with Crippen LogP contribution >= 0.6 is 0 Å². The van der Waals surface area contributed by atoms with Gasteiger partial charge < -0.3 is 10.1 Å². The minimum Gasteiger partial charge on any atom is -0.368 e. The molecule has 1 unspecified atom stereocenters. The number of hydrogen-bond donors (Lipinski definition) is 2. The Morgan fingerprint density at radius 2 is 2.09 bits per heavy atom. The number of benzene rings is 1. The Labute approximate surface area is 131 Å². The number of sulfonamides is 1. The molecule has 1 fully saturated rings. The molecule has 122 valence electrons. The van der Waals surface area contributed by atoms with E-state index in [0.717, 1.165) is 18.4 Å². The Morgan fingerprint density at radius 1 is 1.32 bits per heavy atom. The van der Waals surface area contributed by atoms with Gasteiger partial charge in [-0.3, -0.25) is 4.79 Å². The highest BCUT2D eigenvalue weighted by Gasteiger charge is 2.23. The summed E-state index contributed by atoms with van der Waals surface area (Å²) in [4.78, 5) is 12.0. The largest absolute Gasteiger partial charge is 0.368 e. The van der Waals surface area contributed by atoms with Gasteiger partial charge in [0.25, 0.3) is 0 Å². The lowest BCUT2D eigenvalue weighted by Crippen LogP contribution is -2.39. The first-order valence-corrected chi connectivity index (χ1v) is 8.85. The zero-order valence-corrected chi connectivity index (χ0v) is 13.7. The van der Waals surface area contributed by atoms with Gasteiger partial charge in [-0.05, 0) is 38.3 Å². The van der Waals surface area contributed by atoms with E-state index in [4.69, 9.17) is 4.74 Å². The fourth-order valence-electron chi connectivity index (χ4n) is 2.45. The van der Waals surface area contributed by atoms with Gasteiger partial charge in [-0.2, -0.15) is 0 Å². The molecule has 22 heavy (non-hydrogen) atoms. The summed E-state index contributed by atoms with van der Waals surface area (Å²) in [6.07, 6.45) is 1.22. The van der Waals surface area contributed by atoms with Gasteiger partial charge in [0.1, 0.15) is 6.10 Å². The van der Waals surface area contributed by atoms with Crippen molar-refractivity contribution in [1.82, 2.24) is 10.0 Å². The van der Waals surface area contributed by atoms with E-state index in [1.807, 2.05) is 13.0 Å². The van der Waals surface area contributed by atoms with E-state index in [1.165, 1.54) is 0 Å². The van der Waals surface area contributed by atoms with E-state index in [2.05, 4.69) is 10.0 Å². The molecule has 1 aliphatic heterocycles. The molecule has 2 rings (SSSR count). The van der Waals surface area contributed by atoms with Crippen LogP contribution in [0.1, 0.15) is 24.0 Å². The average Bonchev–Trinajstić information content (AvgIpc) is 2.97. The molecule has 1 heterocycles. The van der Waals surface area contributed by atoms with Crippen LogP contribution in [0.25, 0.3) is 0 Å². The molecule has 1 amide bonds. The zero-order valence-electron chi connectivity index (χ0n) is 12.9. The Hall–Kier alpha value is -1.44. The topological polar surface area (TPSA) is 84.5 Å². The molecule has 0 saturated carbocycles. The molecule has 2 N–H and O–H groups in total. The van der Waals surface area contributed by atoms with E-state index in [9.17, 15) is 13.2 Å². The van der Waals surface area contributed by atoms with Crippen LogP contribution in [0.3, 0.4) is 0 Å². The summed E-state index contributed by atoms with van der Waals surface area (Å²) in [7, 11) is -3.56. The van der Waals surface area contributed by atoms with Crippen molar-refractivity contribution < 1.29 is 17.9 Å². The molecule has 0 aromatic heterocycles. The van der Waals surface area contributed by atoms with Gasteiger partial charge in [-0.1, -0.05) is 17.7 Å². The molecule has 6 nitrogen and oxygen atoms in total. The highest BCUT2D eigenvalue weighted by molar-refractivity contribution is 7.89. The van der Waals surface area contributed by atoms with Gasteiger partial charge in [-0.15, -0.1) is 0 Å². The first-order chi connectivity index (χ1) is 10.4. The SMILES string of the molecule is Cc1ccc(S(=O)(=O)NCCNC(=O)C2CCCO2)c(C)c1. The molecule has 0 aliphatic carbocycles. The quantitative estimate of drug-likeness (QED) is 0.760. The van der Waals surface area contributed by atoms with Crippen molar-refractivity contribution in [2.24, 2.45) is 0 Å². The molecule has 7 heteroatoms. The lowest BCUT2D eigenvalue weighted by molar-refractivity contribution is -0.129. The second-order valence-corrected chi connectivity index (χ2v) is 7.19. The van der Waals surface area contributed by atoms with Crippen LogP contribution in [-0.2, 0) is 19.6 Å². The second-order valence-electron chi connectivity index (χ2n) is 5.46. The molecule has 0 radical (unpaired) electrons. The summed E-state index contributed by atoms with van der Waals surface area (Å²) < 4.78 is 32.2. The normalized spacial score (nSPS) is 18.4. The summed E-state index contributed by atoms with van der Waals surface area (Å²) in [5.41, 5.74) is 1.72. The van der Waals surface area contributed by atoms with E-state index < -0.39 is 16.1 Å². The molecule has 0 spiro atoms. The molecular weight excluding hydrogens is 304 g/mol. The van der Waals surface area contributed by atoms with Crippen molar-refractivity contribution in [2.75, 3.05) is 19.7 Å². The van der Waals surface area contributed by atoms with Crippen LogP contribution in [0.4, 0.5) is 0 Å². The van der Waals surface area contributed by atoms with Crippen LogP contribution in [0.15, 0.2) is 23.1 Å². The van der Waals surface area contributed by atoms with Crippen LogP contribution < -0.4 is 10.0 Å². The summed E-state index contributed by atoms with van der Waals surface area (Å²) in [5.74, 6) is -0.178. The molecule has 1 atom stereocenters. The first kappa shape index (κ1) is 16.9. The van der Waals surface area contributed by atoms with Gasteiger partial charge in [0.15, 0.2) is 0 Å². The van der Waals surface area contributed by atoms with Gasteiger partial charge in [0.2, 0.25) is 15.9 Å². The summed E-state index contributed by atoms with van der Waals surface area (Å²) in [6, 6.07) is 5.19. The number of carbonyl (C=O) groups excluding carboxylic acids is 1. The number of amides is 1. The van der Waals surface area contributed by atoms with Crippen LogP contribution in [0.2, 0.25) is 0 Å². The minimum atomic E-state index is -3.56. The number of rotatable bonds is 6. The van der Waals surface area contributed by atoms with Gasteiger partial charge in [0.05, 0.1) is 4.90 Å². The molecule has 1 aliphatic rings. The maximum absolute atomic E-state index is 12.2. The summed E-state index contributed by atoms with van der Waals surface area (Å²) >= 11 is 0. The highest BCUT2D eigenvalue weighted by atomic mass is 32.2. The van der Waals surface area contributed by atoms with Crippen molar-refractivity contribution >= 4 is 15.9 Å². The Kier molecular flexibility index (Phi) is 5.55. The Morgan fingerprint density at radius 3 is 2.73 bits per heavy atom. The smallest absolute Gasteiger partial charge is 0.249 e. The fourth-order valence-corrected chi connectivity index (χ4v) is 3.70. The van der Waals surface area contributed by atoms with Crippen molar-refractivity contribution in [3.63, 3.8) is 0 Å². The molecular formula is C15H22N2O4S. The minimum absolute atomic E-state index is 0.147. The average molecular weight is 326 g/mol. The van der Waals surface area contributed by atoms with Crippen LogP contribution in [0, 0.1) is 13.8 Å². The number of aryl methyl sites for hydroxylation is 2. The number of nitrogens with one attached hydrogen (secondary N) is 2. The predicted octanol–water partition coefficient (Wildman–Crippen LogP) is 0.877. The van der Waals surface area contributed by atoms with E-state index >= 15 is 0 Å². The third-order valence-electron chi connectivity index (χ3n) is 3.56. The molecule has 1 saturated heterocycles. The van der Waals surface area contributed by atoms with Crippen molar-refractivity contribution in [3.05, 3.63) is 29.3 Å². The summed E-state index contributed by atoms with van der Waals surface area (Å²) in [5, 5.41) is 2.68. The van der Waals surface area contributed by atoms with Crippen molar-refractivity contribution in [2.45, 2.75) is 37.7 Å². The Balaban J connectivity index is 1.83. The number of hydrogen-bond acceptors (Lipinski definition) is 4. The predicted molar refractivity (Wildman–Crippen MR) is 83.1 cm³/mol. The van der Waals surface area contributed by atoms with E-state index in [-0.39, 0.29) is 23.9 Å². The van der Waals surface area contributed by atoms with Crippen molar-refractivity contribution in [1.29, 1.82) is 0 Å². The lowest BCUT2D eigenvalue weighted by Gasteiger charge is -2.12. The second kappa shape index (κ2) is 7.21. The van der Waals surface area contributed by atoms with Gasteiger partial charge in [0, 0.05) is 19.7 Å². The van der Waals surface area contributed by atoms with E-state index in [0.29, 0.717) is 12.2 Å². The van der Waals surface area contributed by atoms with E-state index in [1.54, 1.807) is 19.1 Å². The maximum Gasteiger partial charge on any atom is 0.249 e. The highest BCUT2D eigenvalue weighted by Crippen LogP contribution is 2.16. The molecule has 1 aromatic carbocycles.